The van der Waals surface area contributed by atoms with E-state index in [1.165, 1.54) is 43.5 Å². The Kier molecular flexibility index (Phi) is 16.5. The van der Waals surface area contributed by atoms with E-state index in [-0.39, 0.29) is 12.1 Å². The standard InChI is InChI=1S/C31H38N6.C9H19N.C6H11N/c1-6-20(3)30(34-21(4)7-2)22(5)37-16-8-9-29(37)31-35-26-15-14-25(17-27(26)36-31)23-10-12-24(13-11-23)28-18-32-19-33-28;1-5-8(3)7-10-9(4)6-2;1-2-7-5-3-4-6-7/h10-15,17-20,29-30,34H,4-9,16H2,1-3H3,(H,32,33)(H,35,36);8,10H,4-7H2,1-3H3;2H,1,3-6H2/t20-,29-,30-;8-;/m00./s1. The number of allylic oxidation sites excluding steroid dienone is 2. The molecule has 2 aromatic heterocycles. The van der Waals surface area contributed by atoms with E-state index in [1.807, 2.05) is 12.4 Å². The van der Waals surface area contributed by atoms with Crippen LogP contribution in [0.3, 0.4) is 0 Å². The van der Waals surface area contributed by atoms with Gasteiger partial charge in [0.05, 0.1) is 41.3 Å². The normalized spacial score (nSPS) is 16.7. The van der Waals surface area contributed by atoms with Crippen molar-refractivity contribution >= 4 is 11.0 Å². The number of hydrogen-bond acceptors (Lipinski definition) is 6. The molecule has 2 saturated heterocycles. The van der Waals surface area contributed by atoms with Crippen molar-refractivity contribution in [3.05, 3.63) is 110 Å². The van der Waals surface area contributed by atoms with Crippen molar-refractivity contribution in [2.45, 2.75) is 105 Å². The minimum atomic E-state index is 0.179. The van der Waals surface area contributed by atoms with Gasteiger partial charge in [-0.1, -0.05) is 111 Å². The van der Waals surface area contributed by atoms with Crippen LogP contribution < -0.4 is 10.6 Å². The van der Waals surface area contributed by atoms with E-state index >= 15 is 0 Å². The molecule has 4 atom stereocenters. The maximum atomic E-state index is 5.02. The fourth-order valence-electron chi connectivity index (χ4n) is 6.82. The van der Waals surface area contributed by atoms with Crippen LogP contribution in [0.4, 0.5) is 0 Å². The van der Waals surface area contributed by atoms with Crippen LogP contribution in [0.15, 0.2) is 105 Å². The molecule has 0 spiro atoms. The van der Waals surface area contributed by atoms with Gasteiger partial charge in [0.25, 0.3) is 0 Å². The lowest BCUT2D eigenvalue weighted by Gasteiger charge is -2.36. The molecule has 8 nitrogen and oxygen atoms in total. The first-order valence-electron chi connectivity index (χ1n) is 20.4. The minimum Gasteiger partial charge on any atom is -0.389 e. The van der Waals surface area contributed by atoms with E-state index in [0.717, 1.165) is 96.3 Å². The third-order valence-corrected chi connectivity index (χ3v) is 11.0. The fraction of sp³-hybridized carbons (Fsp3) is 0.478. The van der Waals surface area contributed by atoms with Crippen LogP contribution in [0.1, 0.15) is 105 Å². The highest BCUT2D eigenvalue weighted by molar-refractivity contribution is 5.82. The van der Waals surface area contributed by atoms with Gasteiger partial charge in [-0.25, -0.2) is 9.97 Å². The van der Waals surface area contributed by atoms with Crippen LogP contribution in [-0.4, -0.2) is 62.0 Å². The highest BCUT2D eigenvalue weighted by atomic mass is 15.2. The van der Waals surface area contributed by atoms with Crippen molar-refractivity contribution in [2.75, 3.05) is 26.2 Å². The molecular weight excluding hydrogens is 665 g/mol. The SMILES string of the molecule is C=C(CC)NC[C@@H](C)CC.C=C(CC)N[C@H](C(=C)N1CCC[C@H]1c1nc2ccc(-c3ccc(-c4cnc[nH]4)cc3)cc2[nH]1)[C@@H](C)CC.C=CN1CCCC1. The summed E-state index contributed by atoms with van der Waals surface area (Å²) in [4.78, 5) is 20.7. The van der Waals surface area contributed by atoms with Gasteiger partial charge in [0.1, 0.15) is 5.82 Å². The van der Waals surface area contributed by atoms with Crippen molar-refractivity contribution < 1.29 is 0 Å². The largest absolute Gasteiger partial charge is 0.389 e. The molecule has 4 heterocycles. The minimum absolute atomic E-state index is 0.179. The van der Waals surface area contributed by atoms with E-state index in [4.69, 9.17) is 4.98 Å². The zero-order chi connectivity index (χ0) is 39.0. The second-order valence-electron chi connectivity index (χ2n) is 15.0. The van der Waals surface area contributed by atoms with Crippen LogP contribution in [0.5, 0.6) is 0 Å². The van der Waals surface area contributed by atoms with Crippen LogP contribution in [-0.2, 0) is 0 Å². The highest BCUT2D eigenvalue weighted by Crippen LogP contribution is 2.37. The van der Waals surface area contributed by atoms with Gasteiger partial charge < -0.3 is 30.4 Å². The first kappa shape index (κ1) is 42.0. The summed E-state index contributed by atoms with van der Waals surface area (Å²) < 4.78 is 0. The first-order valence-corrected chi connectivity index (χ1v) is 20.4. The van der Waals surface area contributed by atoms with Gasteiger partial charge in [-0.3, -0.25) is 0 Å². The quantitative estimate of drug-likeness (QED) is 0.0917. The number of nitrogens with one attached hydrogen (secondary N) is 4. The summed E-state index contributed by atoms with van der Waals surface area (Å²) in [6.07, 6.45) is 14.7. The molecule has 0 bridgehead atoms. The molecule has 0 unspecified atom stereocenters. The number of aromatic amines is 2. The number of imidazole rings is 2. The summed E-state index contributed by atoms with van der Waals surface area (Å²) in [6.45, 7) is 34.1. The van der Waals surface area contributed by atoms with Gasteiger partial charge >= 0.3 is 0 Å². The summed E-state index contributed by atoms with van der Waals surface area (Å²) in [5.74, 6) is 2.26. The van der Waals surface area contributed by atoms with E-state index in [2.05, 4.69) is 146 Å². The second kappa shape index (κ2) is 21.2. The predicted octanol–water partition coefficient (Wildman–Crippen LogP) is 11.0. The summed E-state index contributed by atoms with van der Waals surface area (Å²) in [7, 11) is 0. The Morgan fingerprint density at radius 2 is 1.57 bits per heavy atom. The number of fused-ring (bicyclic) bond motifs is 1. The molecule has 2 aromatic carbocycles. The van der Waals surface area contributed by atoms with Crippen molar-refractivity contribution in [3.8, 4) is 22.4 Å². The van der Waals surface area contributed by atoms with E-state index in [9.17, 15) is 0 Å². The van der Waals surface area contributed by atoms with Crippen molar-refractivity contribution in [2.24, 2.45) is 11.8 Å². The molecule has 2 aliphatic heterocycles. The molecule has 8 heteroatoms. The van der Waals surface area contributed by atoms with Gasteiger partial charge in [0, 0.05) is 43.3 Å². The average Bonchev–Trinajstić information content (AvgIpc) is 4.06. The van der Waals surface area contributed by atoms with E-state index in [0.29, 0.717) is 5.92 Å². The fourth-order valence-corrected chi connectivity index (χ4v) is 6.82. The maximum Gasteiger partial charge on any atom is 0.130 e. The Hall–Kier alpha value is -4.72. The van der Waals surface area contributed by atoms with Crippen LogP contribution in [0.25, 0.3) is 33.4 Å². The van der Waals surface area contributed by atoms with Crippen molar-refractivity contribution in [3.63, 3.8) is 0 Å². The molecule has 54 heavy (non-hydrogen) atoms. The molecule has 0 radical (unpaired) electrons. The lowest BCUT2D eigenvalue weighted by atomic mass is 9.95. The van der Waals surface area contributed by atoms with Crippen molar-refractivity contribution in [1.82, 2.24) is 40.4 Å². The molecular formula is C46H68N8. The van der Waals surface area contributed by atoms with E-state index in [1.54, 1.807) is 6.33 Å². The van der Waals surface area contributed by atoms with Crippen molar-refractivity contribution in [1.29, 1.82) is 0 Å². The number of rotatable bonds is 16. The lowest BCUT2D eigenvalue weighted by Crippen LogP contribution is -2.42. The third kappa shape index (κ3) is 11.6. The average molecular weight is 733 g/mol. The first-order chi connectivity index (χ1) is 26.1. The monoisotopic (exact) mass is 733 g/mol. The Morgan fingerprint density at radius 3 is 2.17 bits per heavy atom. The summed E-state index contributed by atoms with van der Waals surface area (Å²) in [6, 6.07) is 15.4. The molecule has 0 aliphatic carbocycles. The second-order valence-corrected chi connectivity index (χ2v) is 15.0. The molecule has 2 aliphatic rings. The Labute approximate surface area is 326 Å². The third-order valence-electron chi connectivity index (χ3n) is 11.0. The molecule has 0 amide bonds. The predicted molar refractivity (Wildman–Crippen MR) is 231 cm³/mol. The lowest BCUT2D eigenvalue weighted by molar-refractivity contribution is 0.264. The Balaban J connectivity index is 0.000000315. The van der Waals surface area contributed by atoms with Gasteiger partial charge in [-0.2, -0.15) is 0 Å². The smallest absolute Gasteiger partial charge is 0.130 e. The number of likely N-dealkylation sites (tertiary alicyclic amines) is 2. The molecule has 6 rings (SSSR count). The number of aromatic nitrogens is 4. The van der Waals surface area contributed by atoms with Crippen LogP contribution in [0.2, 0.25) is 0 Å². The van der Waals surface area contributed by atoms with Gasteiger partial charge in [0.2, 0.25) is 0 Å². The summed E-state index contributed by atoms with van der Waals surface area (Å²) in [5, 5.41) is 6.95. The summed E-state index contributed by atoms with van der Waals surface area (Å²) >= 11 is 0. The number of H-pyrrole nitrogens is 2. The molecule has 0 saturated carbocycles. The number of benzene rings is 2. The van der Waals surface area contributed by atoms with Crippen LogP contribution >= 0.6 is 0 Å². The van der Waals surface area contributed by atoms with Gasteiger partial charge in [-0.05, 0) is 85.4 Å². The Bertz CT molecular complexity index is 1740. The molecule has 4 N–H and O–H groups in total. The van der Waals surface area contributed by atoms with Crippen LogP contribution in [0, 0.1) is 11.8 Å². The van der Waals surface area contributed by atoms with Gasteiger partial charge in [-0.15, -0.1) is 0 Å². The molecule has 4 aromatic rings. The number of nitrogens with zero attached hydrogens (tertiary/aromatic N) is 4. The summed E-state index contributed by atoms with van der Waals surface area (Å²) in [5.41, 5.74) is 9.93. The maximum absolute atomic E-state index is 5.02. The zero-order valence-electron chi connectivity index (χ0n) is 34.2. The highest BCUT2D eigenvalue weighted by Gasteiger charge is 2.33. The topological polar surface area (TPSA) is 87.9 Å². The molecule has 292 valence electrons. The van der Waals surface area contributed by atoms with E-state index < -0.39 is 0 Å². The Morgan fingerprint density at radius 1 is 0.889 bits per heavy atom. The van der Waals surface area contributed by atoms with Gasteiger partial charge in [0.15, 0.2) is 0 Å². The molecule has 2 fully saturated rings. The zero-order valence-corrected chi connectivity index (χ0v) is 34.2. The number of hydrogen-bond donors (Lipinski definition) is 4.